The minimum atomic E-state index is -1.30. The van der Waals surface area contributed by atoms with Gasteiger partial charge in [0.25, 0.3) is 11.8 Å². The largest absolute Gasteiger partial charge is 0.395 e. The summed E-state index contributed by atoms with van der Waals surface area (Å²) in [5.41, 5.74) is 10.5. The van der Waals surface area contributed by atoms with Crippen LogP contribution in [0, 0.1) is 11.6 Å². The Morgan fingerprint density at radius 2 is 1.53 bits per heavy atom. The highest BCUT2D eigenvalue weighted by atomic mass is 32.1. The van der Waals surface area contributed by atoms with E-state index in [1.165, 1.54) is 24.3 Å². The van der Waals surface area contributed by atoms with Crippen LogP contribution in [0.2, 0.25) is 0 Å². The molecule has 1 heterocycles. The first-order valence-electron chi connectivity index (χ1n) is 10.1. The van der Waals surface area contributed by atoms with E-state index in [1.54, 1.807) is 20.8 Å². The van der Waals surface area contributed by atoms with Crippen LogP contribution < -0.4 is 21.7 Å². The summed E-state index contributed by atoms with van der Waals surface area (Å²) in [6.45, 7) is 5.28. The van der Waals surface area contributed by atoms with Gasteiger partial charge in [-0.3, -0.25) is 19.3 Å². The van der Waals surface area contributed by atoms with E-state index in [0.29, 0.717) is 17.1 Å². The van der Waals surface area contributed by atoms with Crippen LogP contribution in [0.5, 0.6) is 0 Å². The number of amides is 3. The van der Waals surface area contributed by atoms with E-state index in [1.807, 2.05) is 0 Å². The minimum absolute atomic E-state index is 0.131. The van der Waals surface area contributed by atoms with Gasteiger partial charge in [0.2, 0.25) is 5.91 Å². The Morgan fingerprint density at radius 3 is 2.00 bits per heavy atom. The van der Waals surface area contributed by atoms with Crippen LogP contribution in [0.25, 0.3) is 0 Å². The molecular formula is C23H23F2N5O3S. The SMILES string of the molecule is CC(C)(C)NC(=O)C(c1ccc(F)cc1)N(C(=O)c1snc(C(N)=O)c1N)c1ccc(F)cc1. The molecule has 11 heteroatoms. The molecule has 0 saturated carbocycles. The number of nitrogen functional groups attached to an aromatic ring is 1. The van der Waals surface area contributed by atoms with E-state index in [2.05, 4.69) is 9.69 Å². The minimum Gasteiger partial charge on any atom is -0.395 e. The second-order valence-electron chi connectivity index (χ2n) is 8.48. The van der Waals surface area contributed by atoms with Gasteiger partial charge in [-0.15, -0.1) is 0 Å². The monoisotopic (exact) mass is 487 g/mol. The zero-order chi connectivity index (χ0) is 25.2. The van der Waals surface area contributed by atoms with Crippen LogP contribution in [0.1, 0.15) is 52.5 Å². The third kappa shape index (κ3) is 5.37. The van der Waals surface area contributed by atoms with Crippen molar-refractivity contribution in [2.24, 2.45) is 5.73 Å². The van der Waals surface area contributed by atoms with E-state index in [-0.39, 0.29) is 21.9 Å². The van der Waals surface area contributed by atoms with E-state index >= 15 is 0 Å². The van der Waals surface area contributed by atoms with E-state index in [9.17, 15) is 23.2 Å². The van der Waals surface area contributed by atoms with Gasteiger partial charge in [-0.05, 0) is 74.3 Å². The van der Waals surface area contributed by atoms with E-state index in [0.717, 1.165) is 29.2 Å². The molecule has 3 amide bonds. The summed E-state index contributed by atoms with van der Waals surface area (Å²) >= 11 is 0.646. The van der Waals surface area contributed by atoms with Crippen LogP contribution in [0.4, 0.5) is 20.2 Å². The number of carbonyl (C=O) groups excluding carboxylic acids is 3. The first-order valence-corrected chi connectivity index (χ1v) is 10.9. The van der Waals surface area contributed by atoms with Gasteiger partial charge in [0.15, 0.2) is 5.69 Å². The smallest absolute Gasteiger partial charge is 0.273 e. The Morgan fingerprint density at radius 1 is 1.00 bits per heavy atom. The Bertz CT molecular complexity index is 1220. The topological polar surface area (TPSA) is 131 Å². The highest BCUT2D eigenvalue weighted by Crippen LogP contribution is 2.33. The zero-order valence-corrected chi connectivity index (χ0v) is 19.5. The van der Waals surface area contributed by atoms with Gasteiger partial charge in [0.05, 0.1) is 5.69 Å². The number of primary amides is 1. The Labute approximate surface area is 198 Å². The van der Waals surface area contributed by atoms with Crippen molar-refractivity contribution in [3.8, 4) is 0 Å². The molecule has 3 aromatic rings. The number of nitrogens with one attached hydrogen (secondary N) is 1. The molecule has 3 rings (SSSR count). The molecule has 0 fully saturated rings. The molecule has 8 nitrogen and oxygen atoms in total. The molecule has 1 unspecified atom stereocenters. The first-order chi connectivity index (χ1) is 15.9. The van der Waals surface area contributed by atoms with Crippen molar-refractivity contribution >= 4 is 40.6 Å². The highest BCUT2D eigenvalue weighted by molar-refractivity contribution is 7.09. The molecule has 34 heavy (non-hydrogen) atoms. The first kappa shape index (κ1) is 24.8. The molecule has 0 spiro atoms. The van der Waals surface area contributed by atoms with Gasteiger partial charge in [-0.1, -0.05) is 12.1 Å². The standard InChI is InChI=1S/C23H23F2N5O3S/c1-23(2,3)28-21(32)18(12-4-6-13(24)7-5-12)30(15-10-8-14(25)9-11-15)22(33)19-16(26)17(20(27)31)29-34-19/h4-11,18H,26H2,1-3H3,(H2,27,31)(H,28,32). The lowest BCUT2D eigenvalue weighted by Crippen LogP contribution is -2.49. The second kappa shape index (κ2) is 9.56. The Balaban J connectivity index is 2.22. The quantitative estimate of drug-likeness (QED) is 0.490. The number of nitrogens with zero attached hydrogens (tertiary/aromatic N) is 2. The van der Waals surface area contributed by atoms with Crippen molar-refractivity contribution in [1.82, 2.24) is 9.69 Å². The molecule has 0 aliphatic rings. The van der Waals surface area contributed by atoms with Crippen molar-refractivity contribution in [1.29, 1.82) is 0 Å². The third-order valence-electron chi connectivity index (χ3n) is 4.67. The van der Waals surface area contributed by atoms with Crippen molar-refractivity contribution in [3.63, 3.8) is 0 Å². The fourth-order valence-corrected chi connectivity index (χ4v) is 3.97. The lowest BCUT2D eigenvalue weighted by atomic mass is 10.0. The molecule has 178 valence electrons. The molecule has 0 radical (unpaired) electrons. The number of carbonyl (C=O) groups is 3. The average Bonchev–Trinajstić information content (AvgIpc) is 3.13. The number of halogens is 2. The maximum Gasteiger partial charge on any atom is 0.273 e. The predicted octanol–water partition coefficient (Wildman–Crippen LogP) is 3.41. The highest BCUT2D eigenvalue weighted by Gasteiger charge is 2.37. The Hall–Kier alpha value is -3.86. The number of hydrogen-bond donors (Lipinski definition) is 3. The van der Waals surface area contributed by atoms with Crippen LogP contribution >= 0.6 is 11.5 Å². The van der Waals surface area contributed by atoms with Crippen LogP contribution in [-0.4, -0.2) is 27.6 Å². The lowest BCUT2D eigenvalue weighted by Gasteiger charge is -2.33. The predicted molar refractivity (Wildman–Crippen MR) is 125 cm³/mol. The second-order valence-corrected chi connectivity index (χ2v) is 9.26. The van der Waals surface area contributed by atoms with Gasteiger partial charge in [-0.2, -0.15) is 4.37 Å². The van der Waals surface area contributed by atoms with E-state index < -0.39 is 40.9 Å². The Kier molecular flexibility index (Phi) is 6.96. The molecule has 2 aromatic carbocycles. The number of aromatic nitrogens is 1. The molecule has 0 bridgehead atoms. The van der Waals surface area contributed by atoms with Crippen molar-refractivity contribution in [2.75, 3.05) is 10.6 Å². The van der Waals surface area contributed by atoms with Gasteiger partial charge in [0, 0.05) is 11.2 Å². The molecule has 5 N–H and O–H groups in total. The maximum absolute atomic E-state index is 13.8. The summed E-state index contributed by atoms with van der Waals surface area (Å²) in [7, 11) is 0. The summed E-state index contributed by atoms with van der Waals surface area (Å²) in [6, 6.07) is 8.66. The number of anilines is 2. The molecular weight excluding hydrogens is 464 g/mol. The normalized spacial score (nSPS) is 12.1. The molecule has 0 saturated heterocycles. The van der Waals surface area contributed by atoms with Gasteiger partial charge < -0.3 is 16.8 Å². The number of nitrogens with two attached hydrogens (primary N) is 2. The summed E-state index contributed by atoms with van der Waals surface area (Å²) < 4.78 is 31.2. The van der Waals surface area contributed by atoms with Crippen LogP contribution in [0.3, 0.4) is 0 Å². The third-order valence-corrected chi connectivity index (χ3v) is 5.52. The lowest BCUT2D eigenvalue weighted by molar-refractivity contribution is -0.123. The molecule has 0 aliphatic carbocycles. The number of rotatable bonds is 6. The summed E-state index contributed by atoms with van der Waals surface area (Å²) in [6.07, 6.45) is 0. The number of benzene rings is 2. The van der Waals surface area contributed by atoms with Crippen LogP contribution in [0.15, 0.2) is 48.5 Å². The van der Waals surface area contributed by atoms with Crippen molar-refractivity contribution in [2.45, 2.75) is 32.4 Å². The summed E-state index contributed by atoms with van der Waals surface area (Å²) in [4.78, 5) is 39.8. The van der Waals surface area contributed by atoms with Gasteiger partial charge in [-0.25, -0.2) is 8.78 Å². The average molecular weight is 488 g/mol. The molecule has 0 aliphatic heterocycles. The van der Waals surface area contributed by atoms with Crippen LogP contribution in [-0.2, 0) is 4.79 Å². The number of hydrogen-bond acceptors (Lipinski definition) is 6. The van der Waals surface area contributed by atoms with Gasteiger partial charge >= 0.3 is 0 Å². The van der Waals surface area contributed by atoms with Gasteiger partial charge in [0.1, 0.15) is 22.6 Å². The van der Waals surface area contributed by atoms with Crippen molar-refractivity contribution in [3.05, 3.63) is 76.3 Å². The zero-order valence-electron chi connectivity index (χ0n) is 18.6. The summed E-state index contributed by atoms with van der Waals surface area (Å²) in [5.74, 6) is -3.35. The molecule has 1 atom stereocenters. The van der Waals surface area contributed by atoms with E-state index in [4.69, 9.17) is 11.5 Å². The fraction of sp³-hybridized carbons (Fsp3) is 0.217. The molecule has 1 aromatic heterocycles. The maximum atomic E-state index is 13.8. The summed E-state index contributed by atoms with van der Waals surface area (Å²) in [5, 5.41) is 2.82. The fourth-order valence-electron chi connectivity index (χ4n) is 3.22. The van der Waals surface area contributed by atoms with Crippen molar-refractivity contribution < 1.29 is 23.2 Å².